The van der Waals surface area contributed by atoms with Gasteiger partial charge >= 0.3 is 0 Å². The standard InChI is InChI=1S/C16H20N2O/c1-2-13(7-9-17-8-1)12-14-3-5-15(6-4-14)16-18-10-11-19-16/h3-6,12,17H,1-2,7-11H2. The van der Waals surface area contributed by atoms with Crippen LogP contribution in [0, 0.1) is 0 Å². The molecule has 2 aliphatic rings. The molecule has 1 aromatic carbocycles. The number of nitrogens with zero attached hydrogens (tertiary/aromatic N) is 1. The van der Waals surface area contributed by atoms with Gasteiger partial charge in [-0.1, -0.05) is 23.8 Å². The van der Waals surface area contributed by atoms with Gasteiger partial charge in [0, 0.05) is 5.56 Å². The molecule has 1 aromatic rings. The van der Waals surface area contributed by atoms with Gasteiger partial charge in [-0.25, -0.2) is 4.99 Å². The number of rotatable bonds is 2. The fourth-order valence-electron chi connectivity index (χ4n) is 2.55. The van der Waals surface area contributed by atoms with Crippen LogP contribution in [-0.4, -0.2) is 32.1 Å². The summed E-state index contributed by atoms with van der Waals surface area (Å²) >= 11 is 0. The highest BCUT2D eigenvalue weighted by atomic mass is 16.5. The Morgan fingerprint density at radius 2 is 2.00 bits per heavy atom. The van der Waals surface area contributed by atoms with E-state index in [1.807, 2.05) is 0 Å². The number of ether oxygens (including phenoxy) is 1. The van der Waals surface area contributed by atoms with Crippen LogP contribution in [0.5, 0.6) is 0 Å². The Balaban J connectivity index is 1.73. The number of hydrogen-bond donors (Lipinski definition) is 1. The van der Waals surface area contributed by atoms with E-state index in [0.29, 0.717) is 6.61 Å². The molecule has 0 aliphatic carbocycles. The third-order valence-corrected chi connectivity index (χ3v) is 3.59. The molecule has 0 spiro atoms. The van der Waals surface area contributed by atoms with Crippen molar-refractivity contribution in [3.8, 4) is 0 Å². The molecule has 3 heteroatoms. The molecular weight excluding hydrogens is 236 g/mol. The number of nitrogens with one attached hydrogen (secondary N) is 1. The predicted molar refractivity (Wildman–Crippen MR) is 78.5 cm³/mol. The topological polar surface area (TPSA) is 33.6 Å². The average molecular weight is 256 g/mol. The van der Waals surface area contributed by atoms with Gasteiger partial charge in [0.05, 0.1) is 6.54 Å². The normalized spacial score (nSPS) is 21.9. The Bertz CT molecular complexity index is 478. The van der Waals surface area contributed by atoms with Crippen molar-refractivity contribution in [2.45, 2.75) is 19.3 Å². The smallest absolute Gasteiger partial charge is 0.216 e. The Morgan fingerprint density at radius 3 is 2.79 bits per heavy atom. The van der Waals surface area contributed by atoms with Crippen molar-refractivity contribution in [3.05, 3.63) is 41.0 Å². The summed E-state index contributed by atoms with van der Waals surface area (Å²) in [7, 11) is 0. The van der Waals surface area contributed by atoms with Gasteiger partial charge in [0.15, 0.2) is 0 Å². The second-order valence-corrected chi connectivity index (χ2v) is 5.06. The molecule has 2 heterocycles. The Kier molecular flexibility index (Phi) is 3.94. The molecule has 2 aliphatic heterocycles. The molecule has 3 nitrogen and oxygen atoms in total. The molecule has 0 bridgehead atoms. The molecular formula is C16H20N2O. The molecule has 0 radical (unpaired) electrons. The summed E-state index contributed by atoms with van der Waals surface area (Å²) in [5.41, 5.74) is 3.91. The van der Waals surface area contributed by atoms with Gasteiger partial charge in [-0.15, -0.1) is 0 Å². The van der Waals surface area contributed by atoms with E-state index in [9.17, 15) is 0 Å². The van der Waals surface area contributed by atoms with E-state index in [1.54, 1.807) is 5.57 Å². The van der Waals surface area contributed by atoms with Crippen LogP contribution in [-0.2, 0) is 4.74 Å². The number of aliphatic imine (C=N–C) groups is 1. The third kappa shape index (κ3) is 3.24. The van der Waals surface area contributed by atoms with Crippen LogP contribution in [0.25, 0.3) is 6.08 Å². The van der Waals surface area contributed by atoms with E-state index in [2.05, 4.69) is 40.7 Å². The number of benzene rings is 1. The van der Waals surface area contributed by atoms with Gasteiger partial charge in [-0.05, 0) is 50.0 Å². The molecule has 0 unspecified atom stereocenters. The fourth-order valence-corrected chi connectivity index (χ4v) is 2.55. The average Bonchev–Trinajstić information content (AvgIpc) is 2.86. The van der Waals surface area contributed by atoms with Crippen molar-refractivity contribution in [3.63, 3.8) is 0 Å². The van der Waals surface area contributed by atoms with E-state index >= 15 is 0 Å². The zero-order chi connectivity index (χ0) is 12.9. The first-order valence-corrected chi connectivity index (χ1v) is 7.10. The highest BCUT2D eigenvalue weighted by Gasteiger charge is 2.09. The first-order chi connectivity index (χ1) is 9.42. The molecule has 100 valence electrons. The summed E-state index contributed by atoms with van der Waals surface area (Å²) in [6.07, 6.45) is 5.95. The molecule has 1 fully saturated rings. The molecule has 0 amide bonds. The van der Waals surface area contributed by atoms with Crippen LogP contribution in [0.3, 0.4) is 0 Å². The zero-order valence-electron chi connectivity index (χ0n) is 11.2. The summed E-state index contributed by atoms with van der Waals surface area (Å²) in [5, 5.41) is 3.44. The van der Waals surface area contributed by atoms with Crippen molar-refractivity contribution in [2.75, 3.05) is 26.2 Å². The fraction of sp³-hybridized carbons (Fsp3) is 0.438. The maximum Gasteiger partial charge on any atom is 0.216 e. The van der Waals surface area contributed by atoms with Crippen LogP contribution in [0.1, 0.15) is 30.4 Å². The van der Waals surface area contributed by atoms with Crippen molar-refractivity contribution in [1.82, 2.24) is 5.32 Å². The lowest BCUT2D eigenvalue weighted by Crippen LogP contribution is -2.13. The highest BCUT2D eigenvalue weighted by Crippen LogP contribution is 2.18. The molecule has 0 atom stereocenters. The first-order valence-electron chi connectivity index (χ1n) is 7.10. The van der Waals surface area contributed by atoms with Crippen LogP contribution < -0.4 is 5.32 Å². The van der Waals surface area contributed by atoms with Gasteiger partial charge < -0.3 is 10.1 Å². The summed E-state index contributed by atoms with van der Waals surface area (Å²) < 4.78 is 5.47. The van der Waals surface area contributed by atoms with Crippen LogP contribution in [0.2, 0.25) is 0 Å². The van der Waals surface area contributed by atoms with Crippen molar-refractivity contribution < 1.29 is 4.74 Å². The van der Waals surface area contributed by atoms with Gasteiger partial charge in [0.2, 0.25) is 5.90 Å². The van der Waals surface area contributed by atoms with Crippen molar-refractivity contribution in [1.29, 1.82) is 0 Å². The maximum atomic E-state index is 5.47. The van der Waals surface area contributed by atoms with Crippen LogP contribution in [0.4, 0.5) is 0 Å². The second kappa shape index (κ2) is 6.02. The van der Waals surface area contributed by atoms with Crippen LogP contribution >= 0.6 is 0 Å². The Labute approximate surface area is 114 Å². The minimum Gasteiger partial charge on any atom is -0.476 e. The SMILES string of the molecule is C(=C1CCCNCC1)c1ccc(C2=NCCO2)cc1. The second-order valence-electron chi connectivity index (χ2n) is 5.06. The summed E-state index contributed by atoms with van der Waals surface area (Å²) in [6, 6.07) is 8.52. The number of hydrogen-bond acceptors (Lipinski definition) is 3. The minimum atomic E-state index is 0.716. The minimum absolute atomic E-state index is 0.716. The molecule has 1 N–H and O–H groups in total. The van der Waals surface area contributed by atoms with Gasteiger partial charge in [-0.3, -0.25) is 0 Å². The summed E-state index contributed by atoms with van der Waals surface area (Å²) in [6.45, 7) is 3.75. The van der Waals surface area contributed by atoms with Crippen LogP contribution in [0.15, 0.2) is 34.8 Å². The van der Waals surface area contributed by atoms with E-state index in [4.69, 9.17) is 4.74 Å². The van der Waals surface area contributed by atoms with Gasteiger partial charge in [-0.2, -0.15) is 0 Å². The summed E-state index contributed by atoms with van der Waals surface area (Å²) in [4.78, 5) is 4.33. The van der Waals surface area contributed by atoms with E-state index in [-0.39, 0.29) is 0 Å². The quantitative estimate of drug-likeness (QED) is 0.882. The predicted octanol–water partition coefficient (Wildman–Crippen LogP) is 2.62. The van der Waals surface area contributed by atoms with E-state index in [0.717, 1.165) is 37.5 Å². The Hall–Kier alpha value is -1.61. The lowest BCUT2D eigenvalue weighted by Gasteiger charge is -2.04. The lowest BCUT2D eigenvalue weighted by atomic mass is 10.0. The maximum absolute atomic E-state index is 5.47. The van der Waals surface area contributed by atoms with E-state index in [1.165, 1.54) is 18.4 Å². The van der Waals surface area contributed by atoms with Crippen molar-refractivity contribution >= 4 is 12.0 Å². The molecule has 0 aromatic heterocycles. The largest absolute Gasteiger partial charge is 0.476 e. The zero-order valence-corrected chi connectivity index (χ0v) is 11.2. The highest BCUT2D eigenvalue weighted by molar-refractivity contribution is 5.95. The van der Waals surface area contributed by atoms with E-state index < -0.39 is 0 Å². The first kappa shape index (κ1) is 12.4. The Morgan fingerprint density at radius 1 is 1.11 bits per heavy atom. The molecule has 3 rings (SSSR count). The third-order valence-electron chi connectivity index (χ3n) is 3.59. The molecule has 1 saturated heterocycles. The molecule has 19 heavy (non-hydrogen) atoms. The lowest BCUT2D eigenvalue weighted by molar-refractivity contribution is 0.348. The van der Waals surface area contributed by atoms with Gasteiger partial charge in [0.1, 0.15) is 6.61 Å². The molecule has 0 saturated carbocycles. The summed E-state index contributed by atoms with van der Waals surface area (Å²) in [5.74, 6) is 0.790. The van der Waals surface area contributed by atoms with Crippen molar-refractivity contribution in [2.24, 2.45) is 4.99 Å². The monoisotopic (exact) mass is 256 g/mol. The van der Waals surface area contributed by atoms with Gasteiger partial charge in [0.25, 0.3) is 0 Å².